The lowest BCUT2D eigenvalue weighted by molar-refractivity contribution is 0.0712. The van der Waals surface area contributed by atoms with Crippen LogP contribution in [0.1, 0.15) is 35.8 Å². The highest BCUT2D eigenvalue weighted by Crippen LogP contribution is 2.18. The average Bonchev–Trinajstić information content (AvgIpc) is 2.81. The van der Waals surface area contributed by atoms with Crippen molar-refractivity contribution in [2.24, 2.45) is 0 Å². The molecule has 4 nitrogen and oxygen atoms in total. The zero-order valence-corrected chi connectivity index (χ0v) is 11.3. The van der Waals surface area contributed by atoms with Crippen molar-refractivity contribution in [1.29, 1.82) is 0 Å². The lowest BCUT2D eigenvalue weighted by atomic mass is 10.1. The summed E-state index contributed by atoms with van der Waals surface area (Å²) in [5.74, 6) is -0.199. The molecule has 2 rings (SSSR count). The first kappa shape index (κ1) is 13.3. The molecule has 0 radical (unpaired) electrons. The summed E-state index contributed by atoms with van der Waals surface area (Å²) in [5.41, 5.74) is 1.20. The number of hydrogen-bond acceptors (Lipinski definition) is 3. The fraction of sp³-hybridized carbons (Fsp3) is 0.538. The summed E-state index contributed by atoms with van der Waals surface area (Å²) in [6.45, 7) is 4.56. The maximum atomic E-state index is 12.1. The Bertz CT molecular complexity index is 445. The Morgan fingerprint density at radius 3 is 3.06 bits per heavy atom. The zero-order valence-electron chi connectivity index (χ0n) is 10.6. The second kappa shape index (κ2) is 5.67. The number of amides is 1. The van der Waals surface area contributed by atoms with E-state index in [1.807, 2.05) is 13.8 Å². The molecule has 98 valence electrons. The van der Waals surface area contributed by atoms with E-state index in [1.54, 1.807) is 6.07 Å². The zero-order chi connectivity index (χ0) is 13.1. The molecule has 0 spiro atoms. The fourth-order valence-corrected chi connectivity index (χ4v) is 2.36. The second-order valence-electron chi connectivity index (χ2n) is 4.62. The van der Waals surface area contributed by atoms with Crippen molar-refractivity contribution in [1.82, 2.24) is 10.3 Å². The number of pyridine rings is 1. The van der Waals surface area contributed by atoms with Crippen molar-refractivity contribution in [3.05, 3.63) is 28.5 Å². The topological polar surface area (TPSA) is 51.2 Å². The Hall–Kier alpha value is -1.13. The van der Waals surface area contributed by atoms with Crippen molar-refractivity contribution in [2.45, 2.75) is 38.8 Å². The third-order valence-electron chi connectivity index (χ3n) is 3.12. The minimum absolute atomic E-state index is 0.0163. The van der Waals surface area contributed by atoms with Gasteiger partial charge in [-0.2, -0.15) is 0 Å². The molecule has 0 aliphatic carbocycles. The van der Waals surface area contributed by atoms with Gasteiger partial charge in [-0.1, -0.05) is 11.6 Å². The van der Waals surface area contributed by atoms with Crippen molar-refractivity contribution in [3.63, 3.8) is 0 Å². The number of halogens is 1. The van der Waals surface area contributed by atoms with E-state index in [9.17, 15) is 4.79 Å². The predicted molar refractivity (Wildman–Crippen MR) is 69.9 cm³/mol. The van der Waals surface area contributed by atoms with Gasteiger partial charge in [0.15, 0.2) is 0 Å². The van der Waals surface area contributed by atoms with Crippen molar-refractivity contribution < 1.29 is 9.53 Å². The molecule has 1 fully saturated rings. The normalized spacial score (nSPS) is 20.7. The standard InChI is InChI=1S/C13H17ClN2O2/c1-8-6-11(14)10(7-15-8)13(17)16-9(2)12-4-3-5-18-12/h6-7,9,12H,3-5H2,1-2H3,(H,16,17). The molecule has 1 saturated heterocycles. The van der Waals surface area contributed by atoms with E-state index >= 15 is 0 Å². The largest absolute Gasteiger partial charge is 0.376 e. The highest BCUT2D eigenvalue weighted by molar-refractivity contribution is 6.33. The van der Waals surface area contributed by atoms with E-state index in [1.165, 1.54) is 6.20 Å². The summed E-state index contributed by atoms with van der Waals surface area (Å²) in [6.07, 6.45) is 3.65. The van der Waals surface area contributed by atoms with Crippen molar-refractivity contribution in [3.8, 4) is 0 Å². The van der Waals surface area contributed by atoms with E-state index in [0.717, 1.165) is 25.1 Å². The van der Waals surface area contributed by atoms with Crippen molar-refractivity contribution >= 4 is 17.5 Å². The number of ether oxygens (including phenoxy) is 1. The highest BCUT2D eigenvalue weighted by Gasteiger charge is 2.24. The molecular weight excluding hydrogens is 252 g/mol. The lowest BCUT2D eigenvalue weighted by Gasteiger charge is -2.20. The first-order chi connectivity index (χ1) is 8.58. The minimum atomic E-state index is -0.199. The number of aryl methyl sites for hydroxylation is 1. The van der Waals surface area contributed by atoms with Crippen LogP contribution in [0.5, 0.6) is 0 Å². The van der Waals surface area contributed by atoms with Gasteiger partial charge in [0.25, 0.3) is 5.91 Å². The number of hydrogen-bond donors (Lipinski definition) is 1. The number of aromatic nitrogens is 1. The van der Waals surface area contributed by atoms with Gasteiger partial charge >= 0.3 is 0 Å². The van der Waals surface area contributed by atoms with Gasteiger partial charge in [0.1, 0.15) is 0 Å². The summed E-state index contributed by atoms with van der Waals surface area (Å²) >= 11 is 6.04. The number of carbonyl (C=O) groups excluding carboxylic acids is 1. The Morgan fingerprint density at radius 1 is 1.67 bits per heavy atom. The van der Waals surface area contributed by atoms with Crippen LogP contribution in [0.15, 0.2) is 12.3 Å². The van der Waals surface area contributed by atoms with Crippen LogP contribution in [0.2, 0.25) is 5.02 Å². The lowest BCUT2D eigenvalue weighted by Crippen LogP contribution is -2.41. The Kier molecular flexibility index (Phi) is 4.19. The Labute approximate surface area is 112 Å². The molecule has 1 aliphatic heterocycles. The fourth-order valence-electron chi connectivity index (χ4n) is 2.07. The van der Waals surface area contributed by atoms with E-state index < -0.39 is 0 Å². The van der Waals surface area contributed by atoms with E-state index in [4.69, 9.17) is 16.3 Å². The van der Waals surface area contributed by atoms with E-state index in [0.29, 0.717) is 10.6 Å². The smallest absolute Gasteiger partial charge is 0.254 e. The maximum absolute atomic E-state index is 12.1. The molecule has 1 aliphatic rings. The molecule has 2 atom stereocenters. The summed E-state index contributed by atoms with van der Waals surface area (Å²) in [7, 11) is 0. The van der Waals surface area contributed by atoms with E-state index in [-0.39, 0.29) is 18.1 Å². The molecule has 2 unspecified atom stereocenters. The molecule has 1 aromatic heterocycles. The van der Waals surface area contributed by atoms with Crippen LogP contribution in [0.3, 0.4) is 0 Å². The maximum Gasteiger partial charge on any atom is 0.254 e. The van der Waals surface area contributed by atoms with Crippen molar-refractivity contribution in [2.75, 3.05) is 6.61 Å². The highest BCUT2D eigenvalue weighted by atomic mass is 35.5. The van der Waals surface area contributed by atoms with Crippen LogP contribution in [0.25, 0.3) is 0 Å². The molecule has 1 amide bonds. The third-order valence-corrected chi connectivity index (χ3v) is 3.43. The van der Waals surface area contributed by atoms with Gasteiger partial charge in [-0.3, -0.25) is 9.78 Å². The van der Waals surface area contributed by atoms with Gasteiger partial charge in [0.05, 0.1) is 22.7 Å². The van der Waals surface area contributed by atoms with Crippen LogP contribution in [-0.4, -0.2) is 29.6 Å². The van der Waals surface area contributed by atoms with Crippen LogP contribution in [0.4, 0.5) is 0 Å². The monoisotopic (exact) mass is 268 g/mol. The Balaban J connectivity index is 2.02. The quantitative estimate of drug-likeness (QED) is 0.915. The van der Waals surface area contributed by atoms with Gasteiger partial charge in [0.2, 0.25) is 0 Å². The number of carbonyl (C=O) groups is 1. The molecule has 1 aromatic rings. The predicted octanol–water partition coefficient (Wildman–Crippen LogP) is 2.34. The molecule has 0 aromatic carbocycles. The van der Waals surface area contributed by atoms with Crippen LogP contribution in [-0.2, 0) is 4.74 Å². The average molecular weight is 269 g/mol. The SMILES string of the molecule is Cc1cc(Cl)c(C(=O)NC(C)C2CCCO2)cn1. The summed E-state index contributed by atoms with van der Waals surface area (Å²) in [4.78, 5) is 16.1. The first-order valence-corrected chi connectivity index (χ1v) is 6.50. The van der Waals surface area contributed by atoms with Gasteiger partial charge < -0.3 is 10.1 Å². The minimum Gasteiger partial charge on any atom is -0.376 e. The molecular formula is C13H17ClN2O2. The number of nitrogens with one attached hydrogen (secondary N) is 1. The van der Waals surface area contributed by atoms with Gasteiger partial charge in [-0.15, -0.1) is 0 Å². The molecule has 18 heavy (non-hydrogen) atoms. The molecule has 1 N–H and O–H groups in total. The summed E-state index contributed by atoms with van der Waals surface area (Å²) in [5, 5.41) is 3.34. The number of rotatable bonds is 3. The molecule has 0 saturated carbocycles. The van der Waals surface area contributed by atoms with Gasteiger partial charge in [-0.05, 0) is 32.8 Å². The van der Waals surface area contributed by atoms with E-state index in [2.05, 4.69) is 10.3 Å². The van der Waals surface area contributed by atoms with Crippen LogP contribution in [0, 0.1) is 6.92 Å². The Morgan fingerprint density at radius 2 is 2.44 bits per heavy atom. The van der Waals surface area contributed by atoms with Crippen LogP contribution >= 0.6 is 11.6 Å². The summed E-state index contributed by atoms with van der Waals surface area (Å²) in [6, 6.07) is 1.67. The second-order valence-corrected chi connectivity index (χ2v) is 5.03. The van der Waals surface area contributed by atoms with Gasteiger partial charge in [-0.25, -0.2) is 0 Å². The first-order valence-electron chi connectivity index (χ1n) is 6.12. The third kappa shape index (κ3) is 3.00. The van der Waals surface area contributed by atoms with Crippen LogP contribution < -0.4 is 5.32 Å². The van der Waals surface area contributed by atoms with Gasteiger partial charge in [0, 0.05) is 18.5 Å². The summed E-state index contributed by atoms with van der Waals surface area (Å²) < 4.78 is 5.54. The molecule has 0 bridgehead atoms. The molecule has 2 heterocycles. The molecule has 5 heteroatoms. The number of nitrogens with zero attached hydrogens (tertiary/aromatic N) is 1.